The molecule has 49 heavy (non-hydrogen) atoms. The van der Waals surface area contributed by atoms with Gasteiger partial charge in [0.1, 0.15) is 11.5 Å². The first-order chi connectivity index (χ1) is 23.2. The second-order valence-electron chi connectivity index (χ2n) is 13.1. The van der Waals surface area contributed by atoms with E-state index in [1.165, 1.54) is 12.1 Å². The van der Waals surface area contributed by atoms with Crippen molar-refractivity contribution in [1.29, 1.82) is 0 Å². The number of carbonyl (C=O) groups is 2. The highest BCUT2D eigenvalue weighted by atomic mass is 16.4. The van der Waals surface area contributed by atoms with E-state index >= 15 is 0 Å². The standard InChI is InChI=1S/C36H49N5O8/c1-24-15-27(31(44)29(17-24)35(48,22-42)33(37)46)20-39-9-6-10-40(12-14-41(13-11-39)19-26-7-4-3-5-8-26)21-28-16-25(2)18-30(32(28)45)36(49,23-43)34(38)47/h3-5,7-8,15-18,42-45,48-49H,6,9-14,19-23H2,1-2H3,(H2,37,46)(H2,38,47). The average Bonchev–Trinajstić information content (AvgIpc) is 3.07. The Morgan fingerprint density at radius 2 is 1.04 bits per heavy atom. The quantitative estimate of drug-likeness (QED) is 0.130. The van der Waals surface area contributed by atoms with E-state index in [0.717, 1.165) is 5.56 Å². The summed E-state index contributed by atoms with van der Waals surface area (Å²) in [5.41, 5.74) is 9.13. The summed E-state index contributed by atoms with van der Waals surface area (Å²) >= 11 is 0. The summed E-state index contributed by atoms with van der Waals surface area (Å²) in [6.07, 6.45) is 0.710. The largest absolute Gasteiger partial charge is 0.507 e. The molecule has 2 atom stereocenters. The molecule has 10 N–H and O–H groups in total. The molecule has 2 amide bonds. The Balaban J connectivity index is 1.63. The Bertz CT molecular complexity index is 1530. The normalized spacial score (nSPS) is 18.0. The minimum atomic E-state index is -2.44. The van der Waals surface area contributed by atoms with E-state index in [-0.39, 0.29) is 22.6 Å². The zero-order valence-corrected chi connectivity index (χ0v) is 28.2. The van der Waals surface area contributed by atoms with Crippen LogP contribution in [0.1, 0.15) is 45.4 Å². The van der Waals surface area contributed by atoms with Crippen molar-refractivity contribution in [1.82, 2.24) is 14.7 Å². The summed E-state index contributed by atoms with van der Waals surface area (Å²) in [4.78, 5) is 30.9. The van der Waals surface area contributed by atoms with Crippen molar-refractivity contribution in [2.45, 2.75) is 51.1 Å². The molecule has 13 heteroatoms. The maximum absolute atomic E-state index is 12.1. The fourth-order valence-corrected chi connectivity index (χ4v) is 6.39. The number of aryl methyl sites for hydroxylation is 2. The molecule has 3 aromatic rings. The maximum atomic E-state index is 12.1. The van der Waals surface area contributed by atoms with Crippen LogP contribution < -0.4 is 11.5 Å². The lowest BCUT2D eigenvalue weighted by Gasteiger charge is -2.34. The summed E-state index contributed by atoms with van der Waals surface area (Å²) in [5.74, 6) is -2.93. The van der Waals surface area contributed by atoms with Gasteiger partial charge in [-0.25, -0.2) is 0 Å². The number of aliphatic hydroxyl groups excluding tert-OH is 2. The molecule has 0 bridgehead atoms. The smallest absolute Gasteiger partial charge is 0.256 e. The van der Waals surface area contributed by atoms with E-state index in [1.54, 1.807) is 26.0 Å². The average molecular weight is 680 g/mol. The summed E-state index contributed by atoms with van der Waals surface area (Å²) in [6, 6.07) is 16.5. The monoisotopic (exact) mass is 679 g/mol. The minimum absolute atomic E-state index is 0.141. The van der Waals surface area contributed by atoms with Crippen molar-refractivity contribution in [3.05, 3.63) is 93.5 Å². The van der Waals surface area contributed by atoms with Gasteiger partial charge in [-0.1, -0.05) is 53.6 Å². The van der Waals surface area contributed by atoms with Crippen LogP contribution in [-0.4, -0.2) is 110 Å². The Hall–Kier alpha value is -4.08. The number of phenols is 2. The molecule has 1 fully saturated rings. The Labute approximate surface area is 286 Å². The molecule has 0 saturated carbocycles. The van der Waals surface area contributed by atoms with Crippen LogP contribution in [0.4, 0.5) is 0 Å². The number of amides is 2. The molecule has 266 valence electrons. The molecule has 4 rings (SSSR count). The predicted octanol–water partition coefficient (Wildman–Crippen LogP) is 0.255. The molecule has 1 saturated heterocycles. The summed E-state index contributed by atoms with van der Waals surface area (Å²) in [6.45, 7) is 6.79. The third-order valence-corrected chi connectivity index (χ3v) is 9.28. The van der Waals surface area contributed by atoms with Crippen LogP contribution in [0, 0.1) is 13.8 Å². The number of primary amides is 2. The van der Waals surface area contributed by atoms with Crippen LogP contribution in [0.25, 0.3) is 0 Å². The van der Waals surface area contributed by atoms with Gasteiger partial charge in [0.15, 0.2) is 11.2 Å². The molecule has 0 aromatic heterocycles. The molecule has 13 nitrogen and oxygen atoms in total. The van der Waals surface area contributed by atoms with E-state index in [9.17, 15) is 40.2 Å². The van der Waals surface area contributed by atoms with Crippen LogP contribution in [0.3, 0.4) is 0 Å². The highest BCUT2D eigenvalue weighted by Gasteiger charge is 2.40. The van der Waals surface area contributed by atoms with Crippen LogP contribution >= 0.6 is 0 Å². The zero-order chi connectivity index (χ0) is 35.9. The van der Waals surface area contributed by atoms with Crippen LogP contribution in [-0.2, 0) is 40.4 Å². The van der Waals surface area contributed by atoms with Gasteiger partial charge >= 0.3 is 0 Å². The number of benzene rings is 3. The van der Waals surface area contributed by atoms with Crippen molar-refractivity contribution in [2.24, 2.45) is 11.5 Å². The number of carbonyl (C=O) groups excluding carboxylic acids is 2. The van der Waals surface area contributed by atoms with E-state index in [2.05, 4.69) is 26.8 Å². The van der Waals surface area contributed by atoms with E-state index < -0.39 is 36.2 Å². The summed E-state index contributed by atoms with van der Waals surface area (Å²) in [5, 5.41) is 63.8. The number of phenolic OH excluding ortho intramolecular Hbond substituents is 2. The number of hydrogen-bond acceptors (Lipinski definition) is 11. The highest BCUT2D eigenvalue weighted by molar-refractivity contribution is 5.86. The first-order valence-electron chi connectivity index (χ1n) is 16.3. The van der Waals surface area contributed by atoms with Crippen LogP contribution in [0.5, 0.6) is 11.5 Å². The van der Waals surface area contributed by atoms with Crippen molar-refractivity contribution < 1.29 is 40.2 Å². The highest BCUT2D eigenvalue weighted by Crippen LogP contribution is 2.36. The Kier molecular flexibility index (Phi) is 12.4. The van der Waals surface area contributed by atoms with E-state index in [4.69, 9.17) is 11.5 Å². The third kappa shape index (κ3) is 8.75. The number of nitrogens with two attached hydrogens (primary N) is 2. The number of aromatic hydroxyl groups is 2. The molecular formula is C36H49N5O8. The predicted molar refractivity (Wildman–Crippen MR) is 183 cm³/mol. The number of nitrogens with zero attached hydrogens (tertiary/aromatic N) is 3. The van der Waals surface area contributed by atoms with Gasteiger partial charge in [-0.05, 0) is 51.1 Å². The summed E-state index contributed by atoms with van der Waals surface area (Å²) < 4.78 is 0. The van der Waals surface area contributed by atoms with Crippen molar-refractivity contribution >= 4 is 11.8 Å². The number of rotatable bonds is 12. The van der Waals surface area contributed by atoms with Gasteiger partial charge in [-0.2, -0.15) is 0 Å². The topological polar surface area (TPSA) is 217 Å². The molecule has 1 aliphatic rings. The first kappa shape index (κ1) is 37.7. The van der Waals surface area contributed by atoms with E-state index in [1.807, 2.05) is 18.2 Å². The van der Waals surface area contributed by atoms with Gasteiger partial charge in [0.05, 0.1) is 13.2 Å². The zero-order valence-electron chi connectivity index (χ0n) is 28.2. The second kappa shape index (κ2) is 16.1. The van der Waals surface area contributed by atoms with Gasteiger partial charge in [-0.15, -0.1) is 0 Å². The van der Waals surface area contributed by atoms with Crippen molar-refractivity contribution in [3.8, 4) is 11.5 Å². The van der Waals surface area contributed by atoms with Crippen LogP contribution in [0.2, 0.25) is 0 Å². The molecule has 0 radical (unpaired) electrons. The fourth-order valence-electron chi connectivity index (χ4n) is 6.39. The van der Waals surface area contributed by atoms with Gasteiger partial charge in [0.2, 0.25) is 0 Å². The molecule has 2 unspecified atom stereocenters. The van der Waals surface area contributed by atoms with E-state index in [0.29, 0.717) is 87.6 Å². The van der Waals surface area contributed by atoms with Gasteiger partial charge < -0.3 is 42.1 Å². The minimum Gasteiger partial charge on any atom is -0.507 e. The Morgan fingerprint density at radius 1 is 0.653 bits per heavy atom. The molecule has 1 aliphatic heterocycles. The maximum Gasteiger partial charge on any atom is 0.256 e. The first-order valence-corrected chi connectivity index (χ1v) is 16.3. The SMILES string of the molecule is Cc1cc(CN2CCCN(Cc3cc(C)cc(C(O)(CO)C(N)=O)c3O)CCN(Cc3ccccc3)CC2)c(O)c(C(O)(CO)C(N)=O)c1. The molecule has 3 aromatic carbocycles. The molecule has 1 heterocycles. The molecule has 0 aliphatic carbocycles. The van der Waals surface area contributed by atoms with Gasteiger partial charge in [0, 0.05) is 68.1 Å². The van der Waals surface area contributed by atoms with Gasteiger partial charge in [0.25, 0.3) is 11.8 Å². The lowest BCUT2D eigenvalue weighted by atomic mass is 9.89. The fraction of sp³-hybridized carbons (Fsp3) is 0.444. The molecule has 0 spiro atoms. The number of aliphatic hydroxyl groups is 4. The Morgan fingerprint density at radius 3 is 1.41 bits per heavy atom. The number of hydrogen-bond donors (Lipinski definition) is 8. The lowest BCUT2D eigenvalue weighted by Crippen LogP contribution is -2.44. The van der Waals surface area contributed by atoms with Crippen LogP contribution in [0.15, 0.2) is 54.6 Å². The van der Waals surface area contributed by atoms with Crippen molar-refractivity contribution in [3.63, 3.8) is 0 Å². The summed E-state index contributed by atoms with van der Waals surface area (Å²) in [7, 11) is 0. The van der Waals surface area contributed by atoms with Crippen molar-refractivity contribution in [2.75, 3.05) is 52.5 Å². The lowest BCUT2D eigenvalue weighted by molar-refractivity contribution is -0.142. The second-order valence-corrected chi connectivity index (χ2v) is 13.1. The van der Waals surface area contributed by atoms with Gasteiger partial charge in [-0.3, -0.25) is 24.3 Å². The molecular weight excluding hydrogens is 630 g/mol. The third-order valence-electron chi connectivity index (χ3n) is 9.28.